The monoisotopic (exact) mass is 358 g/mol. The number of hydrogen-bond acceptors (Lipinski definition) is 3. The lowest BCUT2D eigenvalue weighted by Gasteiger charge is -2.43. The minimum Gasteiger partial charge on any atom is -0.481 e. The molecule has 2 unspecified atom stereocenters. The zero-order chi connectivity index (χ0) is 18.1. The summed E-state index contributed by atoms with van der Waals surface area (Å²) in [5.74, 6) is -1.17. The molecule has 0 aromatic heterocycles. The molecule has 0 radical (unpaired) electrons. The third-order valence-electron chi connectivity index (χ3n) is 5.53. The molecule has 0 spiro atoms. The Hall–Kier alpha value is -1.98. The topological polar surface area (TPSA) is 38.5 Å². The van der Waals surface area contributed by atoms with Crippen molar-refractivity contribution in [1.82, 2.24) is 4.90 Å². The molecule has 5 heteroatoms. The first-order valence-corrected chi connectivity index (χ1v) is 9.31. The summed E-state index contributed by atoms with van der Waals surface area (Å²) < 4.78 is 33.6. The van der Waals surface area contributed by atoms with Crippen LogP contribution in [0.25, 0.3) is 0 Å². The Morgan fingerprint density at radius 1 is 1.08 bits per heavy atom. The standard InChI is InChI=1S/C21H24F2N2O/c22-15-8-10-20(18(23)12-15)26-21-17-6-2-1-4-14(17)7-9-19(21)25-11-3-5-16(24)13-25/h1-2,4,6,8,10,12,16,19,21H,3,5,7,9,11,13,24H2/t16-,19?,21?/m0/s1. The molecule has 1 heterocycles. The number of hydrogen-bond donors (Lipinski definition) is 1. The molecule has 2 N–H and O–H groups in total. The van der Waals surface area contributed by atoms with Crippen LogP contribution < -0.4 is 10.5 Å². The molecule has 3 nitrogen and oxygen atoms in total. The second-order valence-electron chi connectivity index (χ2n) is 7.32. The van der Waals surface area contributed by atoms with Gasteiger partial charge in [0.15, 0.2) is 11.6 Å². The van der Waals surface area contributed by atoms with Gasteiger partial charge in [-0.25, -0.2) is 8.78 Å². The van der Waals surface area contributed by atoms with Crippen LogP contribution in [-0.2, 0) is 6.42 Å². The van der Waals surface area contributed by atoms with Crippen molar-refractivity contribution in [3.63, 3.8) is 0 Å². The Bertz CT molecular complexity index is 782. The summed E-state index contributed by atoms with van der Waals surface area (Å²) in [6.07, 6.45) is 3.73. The Labute approximate surface area is 152 Å². The molecule has 2 aromatic rings. The molecule has 1 saturated heterocycles. The number of aryl methyl sites for hydroxylation is 1. The molecular weight excluding hydrogens is 334 g/mol. The maximum Gasteiger partial charge on any atom is 0.168 e. The number of fused-ring (bicyclic) bond motifs is 1. The molecule has 0 saturated carbocycles. The lowest BCUT2D eigenvalue weighted by Crippen LogP contribution is -2.51. The van der Waals surface area contributed by atoms with Crippen LogP contribution in [0.2, 0.25) is 0 Å². The van der Waals surface area contributed by atoms with Crippen molar-refractivity contribution >= 4 is 0 Å². The van der Waals surface area contributed by atoms with Gasteiger partial charge in [0, 0.05) is 18.7 Å². The van der Waals surface area contributed by atoms with Crippen molar-refractivity contribution in [2.75, 3.05) is 13.1 Å². The van der Waals surface area contributed by atoms with Crippen molar-refractivity contribution in [2.45, 2.75) is 43.9 Å². The predicted molar refractivity (Wildman–Crippen MR) is 97.1 cm³/mol. The van der Waals surface area contributed by atoms with Crippen LogP contribution in [0.3, 0.4) is 0 Å². The normalized spacial score (nSPS) is 26.3. The van der Waals surface area contributed by atoms with Crippen LogP contribution in [0.4, 0.5) is 8.78 Å². The number of halogens is 2. The highest BCUT2D eigenvalue weighted by Gasteiger charge is 2.37. The third kappa shape index (κ3) is 3.46. The maximum atomic E-state index is 14.2. The molecule has 0 bridgehead atoms. The van der Waals surface area contributed by atoms with Crippen molar-refractivity contribution in [2.24, 2.45) is 5.73 Å². The zero-order valence-electron chi connectivity index (χ0n) is 14.7. The van der Waals surface area contributed by atoms with Crippen LogP contribution in [0.5, 0.6) is 5.75 Å². The molecule has 1 aliphatic heterocycles. The second-order valence-corrected chi connectivity index (χ2v) is 7.32. The maximum absolute atomic E-state index is 14.2. The summed E-state index contributed by atoms with van der Waals surface area (Å²) >= 11 is 0. The first-order valence-electron chi connectivity index (χ1n) is 9.31. The van der Waals surface area contributed by atoms with Gasteiger partial charge in [-0.05, 0) is 55.5 Å². The molecule has 2 aliphatic rings. The summed E-state index contributed by atoms with van der Waals surface area (Å²) in [7, 11) is 0. The largest absolute Gasteiger partial charge is 0.481 e. The van der Waals surface area contributed by atoms with E-state index >= 15 is 0 Å². The molecule has 1 aliphatic carbocycles. The van der Waals surface area contributed by atoms with Gasteiger partial charge in [-0.3, -0.25) is 4.90 Å². The number of ether oxygens (including phenoxy) is 1. The number of likely N-dealkylation sites (tertiary alicyclic amines) is 1. The minimum atomic E-state index is -0.665. The Kier molecular flexibility index (Phi) is 4.92. The minimum absolute atomic E-state index is 0.0967. The summed E-state index contributed by atoms with van der Waals surface area (Å²) in [5, 5.41) is 0. The van der Waals surface area contributed by atoms with Crippen molar-refractivity contribution in [3.05, 3.63) is 65.2 Å². The van der Waals surface area contributed by atoms with Crippen LogP contribution in [-0.4, -0.2) is 30.1 Å². The lowest BCUT2D eigenvalue weighted by atomic mass is 9.84. The van der Waals surface area contributed by atoms with Gasteiger partial charge in [0.2, 0.25) is 0 Å². The molecular formula is C21H24F2N2O. The average molecular weight is 358 g/mol. The molecule has 138 valence electrons. The smallest absolute Gasteiger partial charge is 0.168 e. The molecule has 4 rings (SSSR count). The van der Waals surface area contributed by atoms with Gasteiger partial charge in [-0.15, -0.1) is 0 Å². The summed E-state index contributed by atoms with van der Waals surface area (Å²) in [6, 6.07) is 12.0. The number of nitrogens with two attached hydrogens (primary N) is 1. The highest BCUT2D eigenvalue weighted by atomic mass is 19.1. The van der Waals surface area contributed by atoms with E-state index in [0.29, 0.717) is 0 Å². The SMILES string of the molecule is N[C@H]1CCCN(C2CCc3ccccc3C2Oc2ccc(F)cc2F)C1. The van der Waals surface area contributed by atoms with Crippen molar-refractivity contribution < 1.29 is 13.5 Å². The fourth-order valence-electron chi connectivity index (χ4n) is 4.27. The predicted octanol–water partition coefficient (Wildman–Crippen LogP) is 3.82. The Morgan fingerprint density at radius 3 is 2.73 bits per heavy atom. The number of piperidine rings is 1. The van der Waals surface area contributed by atoms with Gasteiger partial charge >= 0.3 is 0 Å². The van der Waals surface area contributed by atoms with E-state index in [2.05, 4.69) is 17.0 Å². The molecule has 0 amide bonds. The van der Waals surface area contributed by atoms with Crippen LogP contribution in [0.1, 0.15) is 36.5 Å². The zero-order valence-corrected chi connectivity index (χ0v) is 14.7. The van der Waals surface area contributed by atoms with Gasteiger partial charge in [-0.1, -0.05) is 24.3 Å². The highest BCUT2D eigenvalue weighted by molar-refractivity contribution is 5.35. The molecule has 26 heavy (non-hydrogen) atoms. The van der Waals surface area contributed by atoms with E-state index in [4.69, 9.17) is 10.5 Å². The van der Waals surface area contributed by atoms with E-state index in [-0.39, 0.29) is 23.9 Å². The van der Waals surface area contributed by atoms with E-state index in [1.807, 2.05) is 12.1 Å². The Morgan fingerprint density at radius 2 is 1.92 bits per heavy atom. The van der Waals surface area contributed by atoms with Crippen LogP contribution >= 0.6 is 0 Å². The second kappa shape index (κ2) is 7.33. The highest BCUT2D eigenvalue weighted by Crippen LogP contribution is 2.38. The van der Waals surface area contributed by atoms with Gasteiger partial charge in [-0.2, -0.15) is 0 Å². The van der Waals surface area contributed by atoms with Crippen molar-refractivity contribution in [3.8, 4) is 5.75 Å². The summed E-state index contributed by atoms with van der Waals surface area (Å²) in [6.45, 7) is 1.81. The summed E-state index contributed by atoms with van der Waals surface area (Å²) in [5.41, 5.74) is 8.50. The van der Waals surface area contributed by atoms with E-state index in [0.717, 1.165) is 50.4 Å². The molecule has 3 atom stereocenters. The van der Waals surface area contributed by atoms with Gasteiger partial charge in [0.1, 0.15) is 11.9 Å². The number of nitrogens with zero attached hydrogens (tertiary/aromatic N) is 1. The van der Waals surface area contributed by atoms with E-state index in [9.17, 15) is 8.78 Å². The van der Waals surface area contributed by atoms with E-state index in [1.165, 1.54) is 17.7 Å². The Balaban J connectivity index is 1.67. The fraction of sp³-hybridized carbons (Fsp3) is 0.429. The fourth-order valence-corrected chi connectivity index (χ4v) is 4.27. The van der Waals surface area contributed by atoms with E-state index in [1.54, 1.807) is 0 Å². The molecule has 1 fully saturated rings. The van der Waals surface area contributed by atoms with Crippen LogP contribution in [0, 0.1) is 11.6 Å². The average Bonchev–Trinajstić information content (AvgIpc) is 2.64. The first-order chi connectivity index (χ1) is 12.6. The first kappa shape index (κ1) is 17.4. The molecule has 2 aromatic carbocycles. The lowest BCUT2D eigenvalue weighted by molar-refractivity contribution is 0.0346. The van der Waals surface area contributed by atoms with Gasteiger partial charge < -0.3 is 10.5 Å². The van der Waals surface area contributed by atoms with Gasteiger partial charge in [0.25, 0.3) is 0 Å². The van der Waals surface area contributed by atoms with Crippen molar-refractivity contribution in [1.29, 1.82) is 0 Å². The van der Waals surface area contributed by atoms with Gasteiger partial charge in [0.05, 0.1) is 6.04 Å². The van der Waals surface area contributed by atoms with Crippen LogP contribution in [0.15, 0.2) is 42.5 Å². The number of rotatable bonds is 3. The quantitative estimate of drug-likeness (QED) is 0.906. The van der Waals surface area contributed by atoms with E-state index < -0.39 is 11.6 Å². The number of benzene rings is 2. The third-order valence-corrected chi connectivity index (χ3v) is 5.53. The summed E-state index contributed by atoms with van der Waals surface area (Å²) in [4.78, 5) is 2.39.